The Balaban J connectivity index is 1.81. The van der Waals surface area contributed by atoms with Gasteiger partial charge in [-0.3, -0.25) is 20.4 Å². The van der Waals surface area contributed by atoms with Crippen molar-refractivity contribution in [2.24, 2.45) is 0 Å². The third-order valence-electron chi connectivity index (χ3n) is 3.09. The Labute approximate surface area is 160 Å². The number of nitrogens with one attached hydrogen (secondary N) is 2. The number of halogens is 2. The Morgan fingerprint density at radius 1 is 1.08 bits per heavy atom. The van der Waals surface area contributed by atoms with Crippen LogP contribution in [0, 0.1) is 0 Å². The van der Waals surface area contributed by atoms with E-state index in [0.29, 0.717) is 27.1 Å². The summed E-state index contributed by atoms with van der Waals surface area (Å²) in [5, 5.41) is 1.06. The molecule has 0 saturated carbocycles. The molecule has 0 aliphatic carbocycles. The number of carbonyl (C=O) groups excluding carboxylic acids is 2. The first kappa shape index (κ1) is 19.6. The number of hydrogen-bond acceptors (Lipinski definition) is 4. The van der Waals surface area contributed by atoms with E-state index in [2.05, 4.69) is 10.9 Å². The zero-order valence-corrected chi connectivity index (χ0v) is 15.7. The molecule has 25 heavy (non-hydrogen) atoms. The molecule has 0 aliphatic rings. The monoisotopic (exact) mass is 398 g/mol. The molecular weight excluding hydrogens is 383 g/mol. The van der Waals surface area contributed by atoms with Gasteiger partial charge in [-0.1, -0.05) is 35.3 Å². The molecule has 0 radical (unpaired) electrons. The van der Waals surface area contributed by atoms with Crippen LogP contribution < -0.4 is 10.9 Å². The van der Waals surface area contributed by atoms with Crippen LogP contribution in [-0.4, -0.2) is 24.7 Å². The molecule has 0 spiro atoms. The fourth-order valence-electron chi connectivity index (χ4n) is 1.88. The van der Waals surface area contributed by atoms with Gasteiger partial charge in [0.15, 0.2) is 0 Å². The second-order valence-electron chi connectivity index (χ2n) is 5.00. The minimum Gasteiger partial charge on any atom is -0.380 e. The van der Waals surface area contributed by atoms with Crippen LogP contribution in [0.5, 0.6) is 0 Å². The normalized spacial score (nSPS) is 10.4. The molecule has 0 bridgehead atoms. The summed E-state index contributed by atoms with van der Waals surface area (Å²) in [4.78, 5) is 24.5. The predicted octanol–water partition coefficient (Wildman–Crippen LogP) is 3.69. The lowest BCUT2D eigenvalue weighted by Crippen LogP contribution is -2.42. The maximum atomic E-state index is 12.0. The van der Waals surface area contributed by atoms with Crippen molar-refractivity contribution in [3.05, 3.63) is 63.6 Å². The maximum Gasteiger partial charge on any atom is 0.269 e. The maximum absolute atomic E-state index is 12.0. The van der Waals surface area contributed by atoms with E-state index in [9.17, 15) is 9.59 Å². The molecule has 132 valence electrons. The van der Waals surface area contributed by atoms with E-state index in [1.807, 2.05) is 0 Å². The fourth-order valence-corrected chi connectivity index (χ4v) is 3.18. The van der Waals surface area contributed by atoms with Gasteiger partial charge < -0.3 is 4.74 Å². The Kier molecular flexibility index (Phi) is 7.58. The lowest BCUT2D eigenvalue weighted by Gasteiger charge is -2.08. The molecule has 0 unspecified atom stereocenters. The Hall–Kier alpha value is -1.73. The van der Waals surface area contributed by atoms with Crippen molar-refractivity contribution in [1.29, 1.82) is 0 Å². The van der Waals surface area contributed by atoms with Crippen molar-refractivity contribution in [1.82, 2.24) is 10.9 Å². The number of rotatable bonds is 6. The number of benzene rings is 2. The lowest BCUT2D eigenvalue weighted by molar-refractivity contribution is -0.119. The molecule has 0 aliphatic heterocycles. The van der Waals surface area contributed by atoms with Crippen LogP contribution in [0.3, 0.4) is 0 Å². The molecule has 2 amide bonds. The highest BCUT2D eigenvalue weighted by atomic mass is 35.5. The summed E-state index contributed by atoms with van der Waals surface area (Å²) in [6.07, 6.45) is 0. The van der Waals surface area contributed by atoms with E-state index in [1.165, 1.54) is 11.8 Å². The fraction of sp³-hybridized carbons (Fsp3) is 0.176. The second-order valence-corrected chi connectivity index (χ2v) is 6.86. The summed E-state index contributed by atoms with van der Waals surface area (Å²) >= 11 is 13.2. The van der Waals surface area contributed by atoms with E-state index in [4.69, 9.17) is 27.9 Å². The molecule has 2 N–H and O–H groups in total. The number of ether oxygens (including phenoxy) is 1. The van der Waals surface area contributed by atoms with Crippen molar-refractivity contribution in [3.8, 4) is 0 Å². The van der Waals surface area contributed by atoms with E-state index in [1.54, 1.807) is 49.6 Å². The van der Waals surface area contributed by atoms with E-state index in [-0.39, 0.29) is 11.7 Å². The van der Waals surface area contributed by atoms with Crippen LogP contribution in [0.2, 0.25) is 10.0 Å². The summed E-state index contributed by atoms with van der Waals surface area (Å²) in [6.45, 7) is 0.474. The SMILES string of the molecule is COCc1ccc(C(=O)NNC(=O)CSc2cc(Cl)ccc2Cl)cc1. The highest BCUT2D eigenvalue weighted by molar-refractivity contribution is 8.00. The zero-order chi connectivity index (χ0) is 18.2. The van der Waals surface area contributed by atoms with Gasteiger partial charge in [0.1, 0.15) is 0 Å². The van der Waals surface area contributed by atoms with Crippen molar-refractivity contribution in [3.63, 3.8) is 0 Å². The minimum absolute atomic E-state index is 0.0904. The largest absolute Gasteiger partial charge is 0.380 e. The number of thioether (sulfide) groups is 1. The average Bonchev–Trinajstić information content (AvgIpc) is 2.61. The number of amides is 2. The van der Waals surface area contributed by atoms with Gasteiger partial charge in [-0.15, -0.1) is 11.8 Å². The Bertz CT molecular complexity index is 754. The summed E-state index contributed by atoms with van der Waals surface area (Å²) in [7, 11) is 1.60. The van der Waals surface area contributed by atoms with Crippen LogP contribution in [0.25, 0.3) is 0 Å². The molecule has 0 fully saturated rings. The van der Waals surface area contributed by atoms with Gasteiger partial charge in [0.05, 0.1) is 17.4 Å². The Morgan fingerprint density at radius 2 is 1.80 bits per heavy atom. The predicted molar refractivity (Wildman–Crippen MR) is 99.9 cm³/mol. The second kappa shape index (κ2) is 9.68. The highest BCUT2D eigenvalue weighted by Gasteiger charge is 2.09. The standard InChI is InChI=1S/C17H16Cl2N2O3S/c1-24-9-11-2-4-12(5-3-11)17(23)21-20-16(22)10-25-15-8-13(18)6-7-14(15)19/h2-8H,9-10H2,1H3,(H,20,22)(H,21,23). The third-order valence-corrected chi connectivity index (χ3v) is 4.83. The van der Waals surface area contributed by atoms with Crippen LogP contribution in [0.1, 0.15) is 15.9 Å². The molecule has 0 saturated heterocycles. The first-order chi connectivity index (χ1) is 12.0. The van der Waals surface area contributed by atoms with Gasteiger partial charge in [-0.2, -0.15) is 0 Å². The van der Waals surface area contributed by atoms with Crippen LogP contribution >= 0.6 is 35.0 Å². The van der Waals surface area contributed by atoms with Crippen molar-refractivity contribution in [2.45, 2.75) is 11.5 Å². The third kappa shape index (κ3) is 6.25. The molecular formula is C17H16Cl2N2O3S. The number of methoxy groups -OCH3 is 1. The molecule has 5 nitrogen and oxygen atoms in total. The lowest BCUT2D eigenvalue weighted by atomic mass is 10.1. The summed E-state index contributed by atoms with van der Waals surface area (Å²) in [5.41, 5.74) is 6.13. The number of hydrogen-bond donors (Lipinski definition) is 2. The van der Waals surface area contributed by atoms with Gasteiger partial charge in [-0.25, -0.2) is 0 Å². The van der Waals surface area contributed by atoms with E-state index >= 15 is 0 Å². The zero-order valence-electron chi connectivity index (χ0n) is 13.3. The van der Waals surface area contributed by atoms with Gasteiger partial charge in [-0.05, 0) is 35.9 Å². The molecule has 2 aromatic rings. The first-order valence-electron chi connectivity index (χ1n) is 7.24. The highest BCUT2D eigenvalue weighted by Crippen LogP contribution is 2.29. The molecule has 2 rings (SSSR count). The molecule has 2 aromatic carbocycles. The van der Waals surface area contributed by atoms with Crippen LogP contribution in [0.4, 0.5) is 0 Å². The van der Waals surface area contributed by atoms with Crippen molar-refractivity contribution >= 4 is 46.8 Å². The molecule has 0 heterocycles. The summed E-state index contributed by atoms with van der Waals surface area (Å²) in [5.74, 6) is -0.666. The minimum atomic E-state index is -0.400. The molecule has 8 heteroatoms. The number of carbonyl (C=O) groups is 2. The summed E-state index contributed by atoms with van der Waals surface area (Å²) in [6, 6.07) is 11.9. The van der Waals surface area contributed by atoms with Crippen molar-refractivity contribution < 1.29 is 14.3 Å². The quantitative estimate of drug-likeness (QED) is 0.574. The van der Waals surface area contributed by atoms with Gasteiger partial charge in [0.25, 0.3) is 5.91 Å². The summed E-state index contributed by atoms with van der Waals surface area (Å²) < 4.78 is 5.01. The number of hydrazine groups is 1. The molecule has 0 aromatic heterocycles. The Morgan fingerprint density at radius 3 is 2.48 bits per heavy atom. The van der Waals surface area contributed by atoms with Gasteiger partial charge in [0.2, 0.25) is 5.91 Å². The smallest absolute Gasteiger partial charge is 0.269 e. The van der Waals surface area contributed by atoms with E-state index in [0.717, 1.165) is 5.56 Å². The van der Waals surface area contributed by atoms with Crippen LogP contribution in [0.15, 0.2) is 47.4 Å². The van der Waals surface area contributed by atoms with Gasteiger partial charge >= 0.3 is 0 Å². The van der Waals surface area contributed by atoms with Gasteiger partial charge in [0, 0.05) is 22.6 Å². The molecule has 0 atom stereocenters. The first-order valence-corrected chi connectivity index (χ1v) is 8.98. The van der Waals surface area contributed by atoms with E-state index < -0.39 is 5.91 Å². The average molecular weight is 399 g/mol. The van der Waals surface area contributed by atoms with Crippen molar-refractivity contribution in [2.75, 3.05) is 12.9 Å². The van der Waals surface area contributed by atoms with Crippen LogP contribution in [-0.2, 0) is 16.1 Å². The topological polar surface area (TPSA) is 67.4 Å².